The van der Waals surface area contributed by atoms with Crippen LogP contribution >= 0.6 is 0 Å². The molecule has 42 heavy (non-hydrogen) atoms. The summed E-state index contributed by atoms with van der Waals surface area (Å²) in [6.07, 6.45) is 5.83. The topological polar surface area (TPSA) is 149 Å². The molecule has 5 aromatic rings. The number of benzene rings is 2. The number of non-ortho nitro benzene ring substituents is 1. The third kappa shape index (κ3) is 5.14. The summed E-state index contributed by atoms with van der Waals surface area (Å²) >= 11 is 0. The normalized spacial score (nSPS) is 15.7. The van der Waals surface area contributed by atoms with E-state index in [-0.39, 0.29) is 17.6 Å². The third-order valence-corrected chi connectivity index (χ3v) is 7.09. The summed E-state index contributed by atoms with van der Waals surface area (Å²) in [6, 6.07) is 10.1. The van der Waals surface area contributed by atoms with Crippen molar-refractivity contribution in [1.29, 1.82) is 0 Å². The molecule has 0 radical (unpaired) electrons. The summed E-state index contributed by atoms with van der Waals surface area (Å²) in [5.74, 6) is 0. The molecule has 1 atom stereocenters. The molecule has 0 aliphatic carbocycles. The molecule has 1 aliphatic heterocycles. The number of hydrogen-bond acceptors (Lipinski definition) is 9. The van der Waals surface area contributed by atoms with Crippen LogP contribution in [0.15, 0.2) is 48.8 Å². The lowest BCUT2D eigenvalue weighted by Crippen LogP contribution is -2.28. The van der Waals surface area contributed by atoms with Crippen molar-refractivity contribution in [2.45, 2.75) is 58.4 Å². The predicted molar refractivity (Wildman–Crippen MR) is 152 cm³/mol. The Balaban J connectivity index is 1.34. The highest BCUT2D eigenvalue weighted by molar-refractivity contribution is 5.97. The molecule has 0 saturated carbocycles. The highest BCUT2D eigenvalue weighted by Crippen LogP contribution is 2.35. The molecule has 0 spiro atoms. The van der Waals surface area contributed by atoms with Crippen molar-refractivity contribution in [1.82, 2.24) is 29.3 Å². The van der Waals surface area contributed by atoms with E-state index in [2.05, 4.69) is 15.4 Å². The number of nitrogens with zero attached hydrogens (tertiary/aromatic N) is 7. The van der Waals surface area contributed by atoms with E-state index in [1.807, 2.05) is 12.1 Å². The Morgan fingerprint density at radius 2 is 2.02 bits per heavy atom. The van der Waals surface area contributed by atoms with E-state index in [1.165, 1.54) is 16.7 Å². The maximum atomic E-state index is 12.9. The Hall–Kier alpha value is -4.91. The maximum absolute atomic E-state index is 12.9. The van der Waals surface area contributed by atoms with Crippen molar-refractivity contribution < 1.29 is 24.0 Å². The molecule has 3 aromatic heterocycles. The van der Waals surface area contributed by atoms with Crippen molar-refractivity contribution in [3.63, 3.8) is 0 Å². The molecule has 0 amide bonds. The largest absolute Gasteiger partial charge is 0.443 e. The molecule has 1 unspecified atom stereocenters. The fraction of sp³-hybridized carbons (Fsp3) is 0.345. The van der Waals surface area contributed by atoms with E-state index in [0.29, 0.717) is 52.5 Å². The van der Waals surface area contributed by atoms with Gasteiger partial charge in [-0.2, -0.15) is 5.10 Å². The molecule has 6 rings (SSSR count). The molecule has 13 nitrogen and oxygen atoms in total. The monoisotopic (exact) mass is 571 g/mol. The molecule has 0 N–H and O–H groups in total. The van der Waals surface area contributed by atoms with Crippen LogP contribution in [0.2, 0.25) is 0 Å². The quantitative estimate of drug-likeness (QED) is 0.146. The molecule has 1 saturated heterocycles. The summed E-state index contributed by atoms with van der Waals surface area (Å²) in [7, 11) is 0. The van der Waals surface area contributed by atoms with Crippen LogP contribution in [0.4, 0.5) is 10.5 Å². The number of hydrogen-bond donors (Lipinski definition) is 0. The second-order valence-corrected chi connectivity index (χ2v) is 11.3. The van der Waals surface area contributed by atoms with Gasteiger partial charge in [0.25, 0.3) is 5.69 Å². The van der Waals surface area contributed by atoms with Crippen LogP contribution in [0.25, 0.3) is 33.1 Å². The van der Waals surface area contributed by atoms with Crippen molar-refractivity contribution in [3.05, 3.63) is 70.2 Å². The fourth-order valence-electron chi connectivity index (χ4n) is 5.24. The van der Waals surface area contributed by atoms with Crippen LogP contribution in [0.1, 0.15) is 62.3 Å². The first-order valence-corrected chi connectivity index (χ1v) is 13.6. The number of fused-ring (bicyclic) bond motifs is 2. The van der Waals surface area contributed by atoms with Gasteiger partial charge in [-0.1, -0.05) is 17.3 Å². The smallest absolute Gasteiger partial charge is 0.419 e. The Bertz CT molecular complexity index is 1840. The van der Waals surface area contributed by atoms with Gasteiger partial charge in [-0.3, -0.25) is 14.9 Å². The van der Waals surface area contributed by atoms with Gasteiger partial charge in [-0.05, 0) is 57.7 Å². The van der Waals surface area contributed by atoms with Gasteiger partial charge in [0, 0.05) is 35.1 Å². The van der Waals surface area contributed by atoms with E-state index in [4.69, 9.17) is 9.47 Å². The molecule has 0 bridgehead atoms. The molecular weight excluding hydrogens is 542 g/mol. The zero-order valence-corrected chi connectivity index (χ0v) is 23.4. The molecular formula is C29H29N7O6. The van der Waals surface area contributed by atoms with Gasteiger partial charge >= 0.3 is 6.09 Å². The zero-order valence-electron chi connectivity index (χ0n) is 23.4. The fourth-order valence-corrected chi connectivity index (χ4v) is 5.24. The minimum absolute atomic E-state index is 0.0797. The van der Waals surface area contributed by atoms with Gasteiger partial charge in [0.05, 0.1) is 40.6 Å². The van der Waals surface area contributed by atoms with Gasteiger partial charge < -0.3 is 9.47 Å². The molecule has 13 heteroatoms. The molecule has 216 valence electrons. The Labute approximate surface area is 239 Å². The number of aromatic nitrogens is 6. The minimum atomic E-state index is -0.736. The van der Waals surface area contributed by atoms with E-state index in [1.54, 1.807) is 54.7 Å². The zero-order chi connectivity index (χ0) is 29.6. The summed E-state index contributed by atoms with van der Waals surface area (Å²) < 4.78 is 16.0. The third-order valence-electron chi connectivity index (χ3n) is 7.09. The van der Waals surface area contributed by atoms with Crippen LogP contribution in [0.5, 0.6) is 0 Å². The van der Waals surface area contributed by atoms with Crippen molar-refractivity contribution in [2.75, 3.05) is 6.61 Å². The summed E-state index contributed by atoms with van der Waals surface area (Å²) in [4.78, 5) is 36.0. The lowest BCUT2D eigenvalue weighted by Gasteiger charge is -2.23. The van der Waals surface area contributed by atoms with Crippen molar-refractivity contribution in [3.8, 4) is 11.3 Å². The van der Waals surface area contributed by atoms with E-state index < -0.39 is 16.6 Å². The van der Waals surface area contributed by atoms with Gasteiger partial charge in [-0.15, -0.1) is 5.10 Å². The number of aldehydes is 1. The van der Waals surface area contributed by atoms with Crippen LogP contribution in [0.3, 0.4) is 0 Å². The standard InChI is InChI=1S/C29H29N7O6/c1-29(2,3)42-28(38)34-21(17-37)11-19-8-7-18(10-25(19)34)15-33-16-24(31-32-33)22-12-20(36(39)40)13-26-23(22)14-30-35(26)27-6-4-5-9-41-27/h7-8,10-14,16-17,27H,4-6,9,15H2,1-3H3. The van der Waals surface area contributed by atoms with Crippen LogP contribution in [0, 0.1) is 10.1 Å². The second-order valence-electron chi connectivity index (χ2n) is 11.3. The maximum Gasteiger partial charge on any atom is 0.419 e. The number of nitro benzene ring substituents is 1. The molecule has 4 heterocycles. The Kier molecular flexibility index (Phi) is 6.81. The number of carbonyl (C=O) groups excluding carboxylic acids is 2. The molecule has 1 aliphatic rings. The van der Waals surface area contributed by atoms with Gasteiger partial charge in [0.15, 0.2) is 12.5 Å². The number of carbonyl (C=O) groups is 2. The van der Waals surface area contributed by atoms with E-state index in [0.717, 1.165) is 24.8 Å². The average Bonchev–Trinajstić information content (AvgIpc) is 3.68. The molecule has 2 aromatic carbocycles. The number of rotatable bonds is 6. The molecule has 1 fully saturated rings. The van der Waals surface area contributed by atoms with Crippen LogP contribution in [-0.2, 0) is 16.0 Å². The van der Waals surface area contributed by atoms with Crippen molar-refractivity contribution in [2.24, 2.45) is 0 Å². The second kappa shape index (κ2) is 10.5. The Morgan fingerprint density at radius 1 is 1.19 bits per heavy atom. The summed E-state index contributed by atoms with van der Waals surface area (Å²) in [6.45, 7) is 6.19. The minimum Gasteiger partial charge on any atom is -0.443 e. The van der Waals surface area contributed by atoms with Gasteiger partial charge in [0.1, 0.15) is 11.3 Å². The Morgan fingerprint density at radius 3 is 2.74 bits per heavy atom. The summed E-state index contributed by atoms with van der Waals surface area (Å²) in [5.41, 5.74) is 2.29. The van der Waals surface area contributed by atoms with Crippen LogP contribution in [-0.4, -0.2) is 58.9 Å². The average molecular weight is 572 g/mol. The van der Waals surface area contributed by atoms with Crippen molar-refractivity contribution >= 4 is 39.9 Å². The number of nitro groups is 1. The van der Waals surface area contributed by atoms with Gasteiger partial charge in [0.2, 0.25) is 0 Å². The first-order valence-electron chi connectivity index (χ1n) is 13.6. The van der Waals surface area contributed by atoms with Crippen LogP contribution < -0.4 is 0 Å². The number of ether oxygens (including phenoxy) is 2. The first kappa shape index (κ1) is 27.3. The van der Waals surface area contributed by atoms with Gasteiger partial charge in [-0.25, -0.2) is 18.7 Å². The first-order chi connectivity index (χ1) is 20.1. The summed E-state index contributed by atoms with van der Waals surface area (Å²) in [5, 5.41) is 26.3. The van der Waals surface area contributed by atoms with E-state index >= 15 is 0 Å². The highest BCUT2D eigenvalue weighted by atomic mass is 16.6. The van der Waals surface area contributed by atoms with E-state index in [9.17, 15) is 19.7 Å². The lowest BCUT2D eigenvalue weighted by atomic mass is 10.1. The highest BCUT2D eigenvalue weighted by Gasteiger charge is 2.24. The SMILES string of the molecule is CC(C)(C)OC(=O)n1c(C=O)cc2ccc(Cn3cc(-c4cc([N+](=O)[O-])cc5c4cnn5C4CCCCO4)nn3)cc21. The predicted octanol–water partition coefficient (Wildman–Crippen LogP) is 5.50. The lowest BCUT2D eigenvalue weighted by molar-refractivity contribution is -0.384.